The number of aromatic nitrogens is 3. The summed E-state index contributed by atoms with van der Waals surface area (Å²) in [5, 5.41) is 4.56. The number of furan rings is 1. The van der Waals surface area contributed by atoms with Gasteiger partial charge in [0.25, 0.3) is 0 Å². The van der Waals surface area contributed by atoms with E-state index in [-0.39, 0.29) is 0 Å². The van der Waals surface area contributed by atoms with Gasteiger partial charge in [-0.05, 0) is 69.8 Å². The fourth-order valence-electron chi connectivity index (χ4n) is 7.83. The molecule has 0 radical (unpaired) electrons. The molecule has 3 heterocycles. The maximum absolute atomic E-state index is 6.67. The lowest BCUT2D eigenvalue weighted by atomic mass is 9.92. The molecular formula is C51H31N3OS. The minimum atomic E-state index is 0.597. The normalized spacial score (nSPS) is 11.6. The highest BCUT2D eigenvalue weighted by atomic mass is 32.1. The molecule has 0 bridgehead atoms. The van der Waals surface area contributed by atoms with Gasteiger partial charge >= 0.3 is 0 Å². The summed E-state index contributed by atoms with van der Waals surface area (Å²) in [4.78, 5) is 15.2. The molecule has 0 N–H and O–H groups in total. The number of benzene rings is 8. The zero-order valence-corrected chi connectivity index (χ0v) is 30.9. The van der Waals surface area contributed by atoms with Gasteiger partial charge in [-0.15, -0.1) is 11.3 Å². The van der Waals surface area contributed by atoms with Crippen LogP contribution in [0.5, 0.6) is 0 Å². The van der Waals surface area contributed by atoms with Crippen LogP contribution in [0.1, 0.15) is 0 Å². The highest BCUT2D eigenvalue weighted by Crippen LogP contribution is 2.44. The second kappa shape index (κ2) is 13.3. The highest BCUT2D eigenvalue weighted by Gasteiger charge is 2.20. The zero-order chi connectivity index (χ0) is 37.0. The standard InChI is InChI=1S/C51H31N3OS/c1-4-13-32(14-5-1)33-23-25-36(26-24-33)50-52-49(35-17-8-3-9-18-35)53-51(54-50)40-20-12-21-44-48(40)39-28-27-37(29-45(39)55-44)42-31-47-43(38-19-10-11-22-46(38)56-47)30-41(42)34-15-6-2-7-16-34/h1-31H. The van der Waals surface area contributed by atoms with Crippen LogP contribution in [0.2, 0.25) is 0 Å². The van der Waals surface area contributed by atoms with Crippen molar-refractivity contribution in [3.05, 3.63) is 188 Å². The second-order valence-corrected chi connectivity index (χ2v) is 15.0. The van der Waals surface area contributed by atoms with Crippen molar-refractivity contribution in [1.29, 1.82) is 0 Å². The Labute approximate surface area is 327 Å². The molecule has 262 valence electrons. The average molecular weight is 734 g/mol. The maximum atomic E-state index is 6.67. The number of rotatable bonds is 6. The summed E-state index contributed by atoms with van der Waals surface area (Å²) in [6, 6.07) is 65.7. The van der Waals surface area contributed by atoms with E-state index in [1.807, 2.05) is 59.9 Å². The maximum Gasteiger partial charge on any atom is 0.164 e. The Morgan fingerprint density at radius 2 is 0.893 bits per heavy atom. The van der Waals surface area contributed by atoms with Crippen molar-refractivity contribution in [2.75, 3.05) is 0 Å². The summed E-state index contributed by atoms with van der Waals surface area (Å²) in [5.74, 6) is 1.83. The average Bonchev–Trinajstić information content (AvgIpc) is 3.84. The lowest BCUT2D eigenvalue weighted by Crippen LogP contribution is -2.00. The lowest BCUT2D eigenvalue weighted by molar-refractivity contribution is 0.669. The molecule has 0 amide bonds. The van der Waals surface area contributed by atoms with Crippen LogP contribution in [0.15, 0.2) is 192 Å². The van der Waals surface area contributed by atoms with Crippen molar-refractivity contribution in [3.63, 3.8) is 0 Å². The Morgan fingerprint density at radius 3 is 1.64 bits per heavy atom. The van der Waals surface area contributed by atoms with Crippen molar-refractivity contribution in [3.8, 4) is 67.5 Å². The Kier molecular flexibility index (Phi) is 7.64. The van der Waals surface area contributed by atoms with Crippen LogP contribution in [0.3, 0.4) is 0 Å². The molecule has 0 saturated heterocycles. The molecule has 11 aromatic rings. The molecule has 11 rings (SSSR count). The van der Waals surface area contributed by atoms with Crippen molar-refractivity contribution in [2.24, 2.45) is 0 Å². The van der Waals surface area contributed by atoms with Gasteiger partial charge in [0.2, 0.25) is 0 Å². The quantitative estimate of drug-likeness (QED) is 0.171. The number of fused-ring (bicyclic) bond motifs is 6. The first-order valence-electron chi connectivity index (χ1n) is 18.7. The van der Waals surface area contributed by atoms with E-state index in [1.54, 1.807) is 0 Å². The smallest absolute Gasteiger partial charge is 0.164 e. The molecule has 4 nitrogen and oxygen atoms in total. The van der Waals surface area contributed by atoms with Gasteiger partial charge in [0, 0.05) is 47.6 Å². The Hall–Kier alpha value is -7.21. The van der Waals surface area contributed by atoms with E-state index in [0.29, 0.717) is 17.5 Å². The fraction of sp³-hybridized carbons (Fsp3) is 0. The molecule has 8 aromatic carbocycles. The van der Waals surface area contributed by atoms with Gasteiger partial charge in [-0.1, -0.05) is 152 Å². The fourth-order valence-corrected chi connectivity index (χ4v) is 8.96. The third kappa shape index (κ3) is 5.56. The van der Waals surface area contributed by atoms with Gasteiger partial charge in [0.05, 0.1) is 0 Å². The van der Waals surface area contributed by atoms with E-state index in [9.17, 15) is 0 Å². The molecule has 0 fully saturated rings. The molecule has 0 atom stereocenters. The molecule has 0 spiro atoms. The zero-order valence-electron chi connectivity index (χ0n) is 30.1. The van der Waals surface area contributed by atoms with Crippen LogP contribution in [0.4, 0.5) is 0 Å². The number of thiophene rings is 1. The van der Waals surface area contributed by atoms with Crippen LogP contribution in [0.25, 0.3) is 110 Å². The van der Waals surface area contributed by atoms with Gasteiger partial charge in [0.1, 0.15) is 11.2 Å². The predicted octanol–water partition coefficient (Wildman–Crippen LogP) is 14.1. The Balaban J connectivity index is 1.07. The van der Waals surface area contributed by atoms with Crippen molar-refractivity contribution < 1.29 is 4.42 Å². The van der Waals surface area contributed by atoms with Crippen LogP contribution >= 0.6 is 11.3 Å². The highest BCUT2D eigenvalue weighted by molar-refractivity contribution is 7.25. The number of hydrogen-bond donors (Lipinski definition) is 0. The first-order chi connectivity index (χ1) is 27.7. The summed E-state index contributed by atoms with van der Waals surface area (Å²) in [7, 11) is 0. The van der Waals surface area contributed by atoms with E-state index < -0.39 is 0 Å². The van der Waals surface area contributed by atoms with Crippen molar-refractivity contribution in [2.45, 2.75) is 0 Å². The number of hydrogen-bond acceptors (Lipinski definition) is 5. The third-order valence-corrected chi connectivity index (χ3v) is 11.7. The van der Waals surface area contributed by atoms with Gasteiger partial charge in [-0.3, -0.25) is 0 Å². The first-order valence-corrected chi connectivity index (χ1v) is 19.5. The second-order valence-electron chi connectivity index (χ2n) is 14.0. The van der Waals surface area contributed by atoms with Gasteiger partial charge < -0.3 is 4.42 Å². The molecule has 0 saturated carbocycles. The topological polar surface area (TPSA) is 51.8 Å². The van der Waals surface area contributed by atoms with E-state index >= 15 is 0 Å². The summed E-state index contributed by atoms with van der Waals surface area (Å²) in [5.41, 5.74) is 11.3. The Bertz CT molecular complexity index is 3230. The van der Waals surface area contributed by atoms with E-state index in [2.05, 4.69) is 140 Å². The molecule has 5 heteroatoms. The van der Waals surface area contributed by atoms with Crippen LogP contribution in [0, 0.1) is 0 Å². The monoisotopic (exact) mass is 733 g/mol. The molecule has 0 unspecified atom stereocenters. The minimum absolute atomic E-state index is 0.597. The molecule has 0 aliphatic carbocycles. The minimum Gasteiger partial charge on any atom is -0.456 e. The lowest BCUT2D eigenvalue weighted by Gasteiger charge is -2.12. The largest absolute Gasteiger partial charge is 0.456 e. The van der Waals surface area contributed by atoms with E-state index in [4.69, 9.17) is 19.4 Å². The van der Waals surface area contributed by atoms with E-state index in [0.717, 1.165) is 49.8 Å². The molecule has 3 aromatic heterocycles. The van der Waals surface area contributed by atoms with Crippen LogP contribution in [-0.2, 0) is 0 Å². The number of nitrogens with zero attached hydrogens (tertiary/aromatic N) is 3. The third-order valence-electron chi connectivity index (χ3n) is 10.6. The van der Waals surface area contributed by atoms with Gasteiger partial charge in [0.15, 0.2) is 17.5 Å². The SMILES string of the molecule is c1ccc(-c2ccc(-c3nc(-c4ccccc4)nc(-c4cccc5oc6cc(-c7cc8sc9ccccc9c8cc7-c7ccccc7)ccc6c45)n3)cc2)cc1. The van der Waals surface area contributed by atoms with Crippen LogP contribution < -0.4 is 0 Å². The molecular weight excluding hydrogens is 703 g/mol. The van der Waals surface area contributed by atoms with Crippen molar-refractivity contribution in [1.82, 2.24) is 15.0 Å². The predicted molar refractivity (Wildman–Crippen MR) is 233 cm³/mol. The summed E-state index contributed by atoms with van der Waals surface area (Å²) >= 11 is 1.84. The van der Waals surface area contributed by atoms with Gasteiger partial charge in [-0.25, -0.2) is 15.0 Å². The summed E-state index contributed by atoms with van der Waals surface area (Å²) < 4.78 is 9.23. The summed E-state index contributed by atoms with van der Waals surface area (Å²) in [6.45, 7) is 0. The van der Waals surface area contributed by atoms with Gasteiger partial charge in [-0.2, -0.15) is 0 Å². The molecule has 0 aliphatic heterocycles. The van der Waals surface area contributed by atoms with E-state index in [1.165, 1.54) is 42.4 Å². The van der Waals surface area contributed by atoms with Crippen molar-refractivity contribution >= 4 is 53.4 Å². The molecule has 56 heavy (non-hydrogen) atoms. The Morgan fingerprint density at radius 1 is 0.321 bits per heavy atom. The molecule has 0 aliphatic rings. The summed E-state index contributed by atoms with van der Waals surface area (Å²) in [6.07, 6.45) is 0. The first kappa shape index (κ1) is 32.2. The van der Waals surface area contributed by atoms with Crippen LogP contribution in [-0.4, -0.2) is 15.0 Å².